The van der Waals surface area contributed by atoms with Gasteiger partial charge in [-0.2, -0.15) is 10.1 Å². The van der Waals surface area contributed by atoms with E-state index in [1.807, 2.05) is 0 Å². The van der Waals surface area contributed by atoms with Gasteiger partial charge >= 0.3 is 0 Å². The second-order valence-electron chi connectivity index (χ2n) is 7.91. The van der Waals surface area contributed by atoms with Crippen LogP contribution in [-0.4, -0.2) is 34.8 Å². The summed E-state index contributed by atoms with van der Waals surface area (Å²) in [6, 6.07) is 2.69. The molecule has 6 aliphatic rings. The molecule has 6 atom stereocenters. The predicted molar refractivity (Wildman–Crippen MR) is 93.4 cm³/mol. The first-order valence-corrected chi connectivity index (χ1v) is 9.23. The van der Waals surface area contributed by atoms with Gasteiger partial charge in [-0.25, -0.2) is 0 Å². The molecular weight excluding hydrogens is 366 g/mol. The van der Waals surface area contributed by atoms with Crippen LogP contribution in [0.1, 0.15) is 12.0 Å². The number of fused-ring (bicyclic) bond motifs is 1. The Hall–Kier alpha value is -3.23. The maximum absolute atomic E-state index is 12.9. The summed E-state index contributed by atoms with van der Waals surface area (Å²) in [7, 11) is 0. The normalized spacial score (nSPS) is 36.2. The van der Waals surface area contributed by atoms with Crippen molar-refractivity contribution in [3.8, 4) is 11.5 Å². The highest BCUT2D eigenvalue weighted by molar-refractivity contribution is 6.06. The molecule has 142 valence electrons. The third-order valence-electron chi connectivity index (χ3n) is 6.67. The summed E-state index contributed by atoms with van der Waals surface area (Å²) in [6.07, 6.45) is 6.44. The van der Waals surface area contributed by atoms with Crippen molar-refractivity contribution in [2.75, 3.05) is 6.79 Å². The van der Waals surface area contributed by atoms with Crippen molar-refractivity contribution in [2.45, 2.75) is 6.42 Å². The molecule has 1 saturated heterocycles. The van der Waals surface area contributed by atoms with E-state index in [0.717, 1.165) is 11.4 Å². The molecule has 3 fully saturated rings. The van der Waals surface area contributed by atoms with Crippen LogP contribution in [0.25, 0.3) is 0 Å². The van der Waals surface area contributed by atoms with Gasteiger partial charge in [0.2, 0.25) is 6.79 Å². The van der Waals surface area contributed by atoms with Crippen molar-refractivity contribution in [1.29, 1.82) is 0 Å². The second kappa shape index (κ2) is 5.18. The smallest absolute Gasteiger partial charge is 0.282 e. The van der Waals surface area contributed by atoms with Crippen LogP contribution in [0.5, 0.6) is 11.5 Å². The SMILES string of the molecule is O=C1[C@@H]2[C@H]3C=C[C@@H]([C@@H]4C[C@@H]34)[C@@H]2C(=O)N1/N=C\c1cc2c(cc1[N+](=O)[O-])OCO2. The Morgan fingerprint density at radius 3 is 2.29 bits per heavy atom. The largest absolute Gasteiger partial charge is 0.454 e. The number of allylic oxidation sites excluding steroid dienone is 2. The van der Waals surface area contributed by atoms with Crippen LogP contribution in [0.15, 0.2) is 29.4 Å². The van der Waals surface area contributed by atoms with Gasteiger partial charge in [-0.15, -0.1) is 0 Å². The highest BCUT2D eigenvalue weighted by atomic mass is 16.7. The van der Waals surface area contributed by atoms with E-state index in [0.29, 0.717) is 17.6 Å². The van der Waals surface area contributed by atoms with Crippen molar-refractivity contribution in [3.05, 3.63) is 40.0 Å². The monoisotopic (exact) mass is 381 g/mol. The third-order valence-corrected chi connectivity index (χ3v) is 6.67. The van der Waals surface area contributed by atoms with Gasteiger partial charge in [0.25, 0.3) is 17.5 Å². The number of ether oxygens (including phenoxy) is 2. The van der Waals surface area contributed by atoms with E-state index >= 15 is 0 Å². The summed E-state index contributed by atoms with van der Waals surface area (Å²) < 4.78 is 10.4. The lowest BCUT2D eigenvalue weighted by atomic mass is 9.63. The highest BCUT2D eigenvalue weighted by Gasteiger charge is 2.67. The molecule has 4 aliphatic carbocycles. The number of carbonyl (C=O) groups is 2. The fourth-order valence-corrected chi connectivity index (χ4v) is 5.38. The molecule has 1 aromatic rings. The van der Waals surface area contributed by atoms with Crippen molar-refractivity contribution >= 4 is 23.7 Å². The molecule has 2 aliphatic heterocycles. The number of rotatable bonds is 3. The lowest BCUT2D eigenvalue weighted by Gasteiger charge is -2.37. The molecule has 2 heterocycles. The maximum Gasteiger partial charge on any atom is 0.282 e. The van der Waals surface area contributed by atoms with Crippen molar-refractivity contribution in [1.82, 2.24) is 5.01 Å². The van der Waals surface area contributed by atoms with Crippen LogP contribution in [0.4, 0.5) is 5.69 Å². The minimum absolute atomic E-state index is 0.0162. The first kappa shape index (κ1) is 15.8. The first-order chi connectivity index (χ1) is 13.5. The number of benzene rings is 1. The molecule has 1 aromatic carbocycles. The van der Waals surface area contributed by atoms with E-state index in [4.69, 9.17) is 9.47 Å². The molecule has 9 nitrogen and oxygen atoms in total. The fraction of sp³-hybridized carbons (Fsp3) is 0.421. The highest BCUT2D eigenvalue weighted by Crippen LogP contribution is 2.65. The zero-order chi connectivity index (χ0) is 19.2. The Morgan fingerprint density at radius 1 is 1.07 bits per heavy atom. The number of hydrogen-bond acceptors (Lipinski definition) is 7. The number of nitrogens with zero attached hydrogens (tertiary/aromatic N) is 3. The number of amides is 2. The molecule has 28 heavy (non-hydrogen) atoms. The molecule has 2 bridgehead atoms. The number of nitro benzene ring substituents is 1. The lowest BCUT2D eigenvalue weighted by molar-refractivity contribution is -0.385. The first-order valence-electron chi connectivity index (χ1n) is 9.23. The van der Waals surface area contributed by atoms with Gasteiger partial charge in [0.05, 0.1) is 34.6 Å². The van der Waals surface area contributed by atoms with E-state index < -0.39 is 4.92 Å². The Balaban J connectivity index is 1.34. The summed E-state index contributed by atoms with van der Waals surface area (Å²) in [5.41, 5.74) is -0.0823. The lowest BCUT2D eigenvalue weighted by Crippen LogP contribution is -2.40. The molecule has 9 heteroatoms. The molecule has 0 radical (unpaired) electrons. The fourth-order valence-electron chi connectivity index (χ4n) is 5.38. The molecule has 7 rings (SSSR count). The topological polar surface area (TPSA) is 111 Å². The molecule has 0 spiro atoms. The molecule has 2 saturated carbocycles. The average molecular weight is 381 g/mol. The number of hydrogen-bond donors (Lipinski definition) is 0. The van der Waals surface area contributed by atoms with E-state index in [1.54, 1.807) is 0 Å². The second-order valence-corrected chi connectivity index (χ2v) is 7.91. The van der Waals surface area contributed by atoms with E-state index in [1.165, 1.54) is 18.3 Å². The molecule has 2 amide bonds. The van der Waals surface area contributed by atoms with Crippen LogP contribution < -0.4 is 9.47 Å². The average Bonchev–Trinajstić information content (AvgIpc) is 3.33. The Morgan fingerprint density at radius 2 is 1.68 bits per heavy atom. The zero-order valence-corrected chi connectivity index (χ0v) is 14.6. The van der Waals surface area contributed by atoms with Gasteiger partial charge < -0.3 is 9.47 Å². The number of imide groups is 1. The van der Waals surface area contributed by atoms with E-state index in [2.05, 4.69) is 17.3 Å². The summed E-state index contributed by atoms with van der Waals surface area (Å²) in [5.74, 6) is 0.558. The third kappa shape index (κ3) is 1.93. The Labute approximate surface area is 158 Å². The quantitative estimate of drug-likeness (QED) is 0.259. The number of nitro groups is 1. The van der Waals surface area contributed by atoms with Crippen molar-refractivity contribution in [2.24, 2.45) is 40.6 Å². The van der Waals surface area contributed by atoms with Crippen LogP contribution in [0, 0.1) is 45.6 Å². The van der Waals surface area contributed by atoms with Crippen LogP contribution in [0.2, 0.25) is 0 Å². The Kier molecular flexibility index (Phi) is 2.92. The van der Waals surface area contributed by atoms with Gasteiger partial charge in [-0.05, 0) is 36.2 Å². The minimum Gasteiger partial charge on any atom is -0.454 e. The molecule has 0 unspecified atom stereocenters. The maximum atomic E-state index is 12.9. The van der Waals surface area contributed by atoms with Crippen molar-refractivity contribution in [3.63, 3.8) is 0 Å². The zero-order valence-electron chi connectivity index (χ0n) is 14.6. The summed E-state index contributed by atoms with van der Waals surface area (Å²) >= 11 is 0. The summed E-state index contributed by atoms with van der Waals surface area (Å²) in [5, 5.41) is 16.3. The van der Waals surface area contributed by atoms with Crippen LogP contribution in [0.3, 0.4) is 0 Å². The van der Waals surface area contributed by atoms with Gasteiger partial charge in [0.15, 0.2) is 11.5 Å². The predicted octanol–water partition coefficient (Wildman–Crippen LogP) is 1.71. The molecule has 0 aromatic heterocycles. The Bertz CT molecular complexity index is 981. The van der Waals surface area contributed by atoms with Gasteiger partial charge in [-0.3, -0.25) is 19.7 Å². The van der Waals surface area contributed by atoms with Gasteiger partial charge in [-0.1, -0.05) is 12.2 Å². The molecule has 0 N–H and O–H groups in total. The van der Waals surface area contributed by atoms with E-state index in [9.17, 15) is 19.7 Å². The molecular formula is C19H15N3O6. The van der Waals surface area contributed by atoms with Gasteiger partial charge in [0.1, 0.15) is 0 Å². The summed E-state index contributed by atoms with van der Waals surface area (Å²) in [6.45, 7) is -0.0162. The minimum atomic E-state index is -0.561. The van der Waals surface area contributed by atoms with E-state index in [-0.39, 0.29) is 59.3 Å². The van der Waals surface area contributed by atoms with Crippen molar-refractivity contribution < 1.29 is 24.0 Å². The standard InChI is InChI=1S/C19H15N3O6/c23-18-16-9-1-2-10(12-4-11(9)12)17(16)19(24)21(18)20-6-8-3-14-15(28-7-27-14)5-13(8)22(25)26/h1-3,5-6,9-12,16-17H,4,7H2/b20-6-/t9-,10-,11-,12-,16-,17+/m0/s1. The number of carbonyl (C=O) groups excluding carboxylic acids is 2. The van der Waals surface area contributed by atoms with Gasteiger partial charge in [0, 0.05) is 0 Å². The number of hydrazone groups is 1. The van der Waals surface area contributed by atoms with Crippen LogP contribution in [-0.2, 0) is 9.59 Å². The van der Waals surface area contributed by atoms with Crippen LogP contribution >= 0.6 is 0 Å². The summed E-state index contributed by atoms with van der Waals surface area (Å²) in [4.78, 5) is 36.6.